The normalized spacial score (nSPS) is 10.8. The Hall–Kier alpha value is -1.16. The molecule has 15 heavy (non-hydrogen) atoms. The van der Waals surface area contributed by atoms with Gasteiger partial charge in [-0.2, -0.15) is 0 Å². The number of aromatic nitrogens is 3. The van der Waals surface area contributed by atoms with E-state index in [4.69, 9.17) is 0 Å². The molecule has 2 aromatic rings. The standard InChI is InChI=1S/C11H15N3S/c1-3-14-8-10(12-13-14)5-7-11-6-4-9(2)15-11/h4,6,8H,3,5,7H2,1-2H3. The lowest BCUT2D eigenvalue weighted by atomic mass is 10.2. The molecule has 0 bridgehead atoms. The molecular weight excluding hydrogens is 206 g/mol. The van der Waals surface area contributed by atoms with Gasteiger partial charge in [0.1, 0.15) is 0 Å². The van der Waals surface area contributed by atoms with E-state index in [1.54, 1.807) is 0 Å². The minimum atomic E-state index is 0.894. The lowest BCUT2D eigenvalue weighted by Gasteiger charge is -1.93. The molecule has 2 aromatic heterocycles. The van der Waals surface area contributed by atoms with E-state index in [1.165, 1.54) is 9.75 Å². The van der Waals surface area contributed by atoms with E-state index >= 15 is 0 Å². The predicted molar refractivity (Wildman–Crippen MR) is 62.2 cm³/mol. The molecule has 0 N–H and O–H groups in total. The number of thiophene rings is 1. The maximum absolute atomic E-state index is 4.13. The van der Waals surface area contributed by atoms with E-state index in [2.05, 4.69) is 36.3 Å². The topological polar surface area (TPSA) is 30.7 Å². The molecule has 0 amide bonds. The van der Waals surface area contributed by atoms with Crippen LogP contribution in [0.15, 0.2) is 18.3 Å². The van der Waals surface area contributed by atoms with E-state index in [-0.39, 0.29) is 0 Å². The fraction of sp³-hybridized carbons (Fsp3) is 0.455. The molecular formula is C11H15N3S. The van der Waals surface area contributed by atoms with Crippen LogP contribution in [0.3, 0.4) is 0 Å². The van der Waals surface area contributed by atoms with Gasteiger partial charge >= 0.3 is 0 Å². The van der Waals surface area contributed by atoms with Crippen molar-refractivity contribution in [3.05, 3.63) is 33.8 Å². The smallest absolute Gasteiger partial charge is 0.0830 e. The zero-order valence-electron chi connectivity index (χ0n) is 9.10. The third-order valence-electron chi connectivity index (χ3n) is 2.33. The number of hydrogen-bond donors (Lipinski definition) is 0. The molecule has 0 aromatic carbocycles. The first-order chi connectivity index (χ1) is 7.28. The quantitative estimate of drug-likeness (QED) is 0.794. The van der Waals surface area contributed by atoms with Gasteiger partial charge in [0.05, 0.1) is 5.69 Å². The van der Waals surface area contributed by atoms with Crippen LogP contribution in [0.2, 0.25) is 0 Å². The summed E-state index contributed by atoms with van der Waals surface area (Å²) in [5, 5.41) is 8.15. The van der Waals surface area contributed by atoms with Crippen LogP contribution in [0.1, 0.15) is 22.4 Å². The molecule has 80 valence electrons. The Morgan fingerprint density at radius 1 is 1.33 bits per heavy atom. The van der Waals surface area contributed by atoms with Gasteiger partial charge in [0, 0.05) is 22.5 Å². The molecule has 0 aliphatic carbocycles. The first-order valence-electron chi connectivity index (χ1n) is 5.22. The second kappa shape index (κ2) is 4.57. The Balaban J connectivity index is 1.93. The molecule has 0 radical (unpaired) electrons. The second-order valence-corrected chi connectivity index (χ2v) is 4.95. The zero-order valence-corrected chi connectivity index (χ0v) is 9.92. The first kappa shape index (κ1) is 10.4. The largest absolute Gasteiger partial charge is 0.253 e. The lowest BCUT2D eigenvalue weighted by Crippen LogP contribution is -1.93. The van der Waals surface area contributed by atoms with Crippen molar-refractivity contribution in [3.8, 4) is 0 Å². The van der Waals surface area contributed by atoms with E-state index < -0.39 is 0 Å². The van der Waals surface area contributed by atoms with Gasteiger partial charge in [-0.15, -0.1) is 16.4 Å². The summed E-state index contributed by atoms with van der Waals surface area (Å²) < 4.78 is 1.87. The van der Waals surface area contributed by atoms with Crippen molar-refractivity contribution < 1.29 is 0 Å². The summed E-state index contributed by atoms with van der Waals surface area (Å²) >= 11 is 1.86. The summed E-state index contributed by atoms with van der Waals surface area (Å²) in [6.45, 7) is 5.10. The molecule has 0 spiro atoms. The molecule has 4 heteroatoms. The van der Waals surface area contributed by atoms with Crippen molar-refractivity contribution in [2.75, 3.05) is 0 Å². The third-order valence-corrected chi connectivity index (χ3v) is 3.39. The van der Waals surface area contributed by atoms with Crippen molar-refractivity contribution in [2.45, 2.75) is 33.2 Å². The van der Waals surface area contributed by atoms with Gasteiger partial charge < -0.3 is 0 Å². The molecule has 0 fully saturated rings. The summed E-state index contributed by atoms with van der Waals surface area (Å²) in [5.74, 6) is 0. The van der Waals surface area contributed by atoms with E-state index in [0.717, 1.165) is 25.1 Å². The highest BCUT2D eigenvalue weighted by Gasteiger charge is 2.01. The highest BCUT2D eigenvalue weighted by Crippen LogP contribution is 2.16. The summed E-state index contributed by atoms with van der Waals surface area (Å²) in [7, 11) is 0. The minimum absolute atomic E-state index is 0.894. The van der Waals surface area contributed by atoms with Gasteiger partial charge in [-0.3, -0.25) is 4.68 Å². The van der Waals surface area contributed by atoms with Crippen LogP contribution < -0.4 is 0 Å². The fourth-order valence-electron chi connectivity index (χ4n) is 1.48. The zero-order chi connectivity index (χ0) is 10.7. The van der Waals surface area contributed by atoms with Crippen molar-refractivity contribution in [2.24, 2.45) is 0 Å². The molecule has 0 atom stereocenters. The van der Waals surface area contributed by atoms with Crippen LogP contribution in [0, 0.1) is 6.92 Å². The predicted octanol–water partition coefficient (Wildman–Crippen LogP) is 2.45. The van der Waals surface area contributed by atoms with Gasteiger partial charge in [0.2, 0.25) is 0 Å². The number of rotatable bonds is 4. The minimum Gasteiger partial charge on any atom is -0.253 e. The summed E-state index contributed by atoms with van der Waals surface area (Å²) in [5.41, 5.74) is 1.09. The Labute approximate surface area is 93.7 Å². The molecule has 3 nitrogen and oxygen atoms in total. The van der Waals surface area contributed by atoms with Gasteiger partial charge in [-0.1, -0.05) is 5.21 Å². The van der Waals surface area contributed by atoms with Crippen LogP contribution >= 0.6 is 11.3 Å². The molecule has 2 heterocycles. The van der Waals surface area contributed by atoms with Crippen molar-refractivity contribution in [3.63, 3.8) is 0 Å². The molecule has 0 aliphatic heterocycles. The van der Waals surface area contributed by atoms with Gasteiger partial charge in [-0.05, 0) is 38.8 Å². The Bertz CT molecular complexity index is 430. The number of nitrogens with zero attached hydrogens (tertiary/aromatic N) is 3. The maximum Gasteiger partial charge on any atom is 0.0830 e. The van der Waals surface area contributed by atoms with Gasteiger partial charge in [0.25, 0.3) is 0 Å². The number of aryl methyl sites for hydroxylation is 4. The Morgan fingerprint density at radius 3 is 2.80 bits per heavy atom. The summed E-state index contributed by atoms with van der Waals surface area (Å²) in [4.78, 5) is 2.81. The van der Waals surface area contributed by atoms with Crippen molar-refractivity contribution in [1.29, 1.82) is 0 Å². The Morgan fingerprint density at radius 2 is 2.20 bits per heavy atom. The molecule has 0 saturated carbocycles. The van der Waals surface area contributed by atoms with Crippen molar-refractivity contribution in [1.82, 2.24) is 15.0 Å². The molecule has 0 unspecified atom stereocenters. The van der Waals surface area contributed by atoms with Gasteiger partial charge in [-0.25, -0.2) is 0 Å². The molecule has 0 aliphatic rings. The number of hydrogen-bond acceptors (Lipinski definition) is 3. The summed E-state index contributed by atoms with van der Waals surface area (Å²) in [6.07, 6.45) is 4.08. The van der Waals surface area contributed by atoms with Gasteiger partial charge in [0.15, 0.2) is 0 Å². The SMILES string of the molecule is CCn1cc(CCc2ccc(C)s2)nn1. The first-order valence-corrected chi connectivity index (χ1v) is 6.04. The van der Waals surface area contributed by atoms with Crippen LogP contribution in [0.25, 0.3) is 0 Å². The third kappa shape index (κ3) is 2.65. The average molecular weight is 221 g/mol. The fourth-order valence-corrected chi connectivity index (χ4v) is 2.37. The second-order valence-electron chi connectivity index (χ2n) is 3.58. The van der Waals surface area contributed by atoms with Crippen molar-refractivity contribution >= 4 is 11.3 Å². The van der Waals surface area contributed by atoms with Crippen LogP contribution in [0.5, 0.6) is 0 Å². The van der Waals surface area contributed by atoms with E-state index in [1.807, 2.05) is 22.2 Å². The van der Waals surface area contributed by atoms with E-state index in [9.17, 15) is 0 Å². The highest BCUT2D eigenvalue weighted by molar-refractivity contribution is 7.11. The Kier molecular flexibility index (Phi) is 3.16. The van der Waals surface area contributed by atoms with Crippen LogP contribution in [0.4, 0.5) is 0 Å². The summed E-state index contributed by atoms with van der Waals surface area (Å²) in [6, 6.07) is 4.37. The average Bonchev–Trinajstić information content (AvgIpc) is 2.83. The molecule has 2 rings (SSSR count). The molecule has 0 saturated heterocycles. The lowest BCUT2D eigenvalue weighted by molar-refractivity contribution is 0.626. The monoisotopic (exact) mass is 221 g/mol. The highest BCUT2D eigenvalue weighted by atomic mass is 32.1. The maximum atomic E-state index is 4.13. The van der Waals surface area contributed by atoms with E-state index in [0.29, 0.717) is 0 Å². The van der Waals surface area contributed by atoms with Crippen LogP contribution in [-0.4, -0.2) is 15.0 Å². The van der Waals surface area contributed by atoms with Crippen LogP contribution in [-0.2, 0) is 19.4 Å².